The molecule has 76 valence electrons. The maximum absolute atomic E-state index is 9.44. The molecule has 0 fully saturated rings. The Morgan fingerprint density at radius 2 is 2.29 bits per heavy atom. The number of hydrogen-bond donors (Lipinski definition) is 1. The smallest absolute Gasteiger partial charge is 0.0543 e. The molecule has 0 radical (unpaired) electrons. The van der Waals surface area contributed by atoms with Crippen LogP contribution in [0.25, 0.3) is 0 Å². The molecule has 0 saturated heterocycles. The minimum atomic E-state index is -0.117. The number of nitrogens with zero attached hydrogens (tertiary/aromatic N) is 1. The van der Waals surface area contributed by atoms with Gasteiger partial charge in [0.1, 0.15) is 0 Å². The normalized spacial score (nSPS) is 25.3. The van der Waals surface area contributed by atoms with Gasteiger partial charge in [-0.1, -0.05) is 22.9 Å². The minimum absolute atomic E-state index is 0.117. The summed E-state index contributed by atoms with van der Waals surface area (Å²) < 4.78 is 1.08. The topological polar surface area (TPSA) is 23.5 Å². The van der Waals surface area contributed by atoms with Crippen molar-refractivity contribution in [3.8, 4) is 0 Å². The number of anilines is 1. The number of halogens is 1. The van der Waals surface area contributed by atoms with Gasteiger partial charge in [0.05, 0.1) is 6.61 Å². The number of likely N-dealkylation sites (N-methyl/N-ethyl adjacent to an activating group) is 1. The summed E-state index contributed by atoms with van der Waals surface area (Å²) in [6.45, 7) is 3.18. The van der Waals surface area contributed by atoms with Crippen LogP contribution in [0.2, 0.25) is 0 Å². The molecule has 14 heavy (non-hydrogen) atoms. The van der Waals surface area contributed by atoms with Gasteiger partial charge in [-0.3, -0.25) is 0 Å². The van der Waals surface area contributed by atoms with Gasteiger partial charge in [0, 0.05) is 29.2 Å². The van der Waals surface area contributed by atoms with E-state index in [1.165, 1.54) is 11.3 Å². The molecule has 0 amide bonds. The Labute approximate surface area is 92.7 Å². The van der Waals surface area contributed by atoms with E-state index < -0.39 is 0 Å². The summed E-state index contributed by atoms with van der Waals surface area (Å²) in [5.74, 6) is 0. The fourth-order valence-electron chi connectivity index (χ4n) is 2.15. The SMILES string of the molecule is CN1CC(C)(CO)c2cc(Br)ccc21. The third-order valence-corrected chi connectivity index (χ3v) is 3.45. The van der Waals surface area contributed by atoms with Crippen molar-refractivity contribution in [2.24, 2.45) is 0 Å². The highest BCUT2D eigenvalue weighted by atomic mass is 79.9. The summed E-state index contributed by atoms with van der Waals surface area (Å²) in [5, 5.41) is 9.44. The number of fused-ring (bicyclic) bond motifs is 1. The predicted molar refractivity (Wildman–Crippen MR) is 61.8 cm³/mol. The first-order valence-electron chi connectivity index (χ1n) is 4.69. The van der Waals surface area contributed by atoms with Gasteiger partial charge >= 0.3 is 0 Å². The molecular formula is C11H14BrNO. The highest BCUT2D eigenvalue weighted by Crippen LogP contribution is 2.40. The number of rotatable bonds is 1. The van der Waals surface area contributed by atoms with Gasteiger partial charge < -0.3 is 10.0 Å². The third-order valence-electron chi connectivity index (χ3n) is 2.96. The summed E-state index contributed by atoms with van der Waals surface area (Å²) in [4.78, 5) is 2.19. The van der Waals surface area contributed by atoms with Crippen molar-refractivity contribution in [3.05, 3.63) is 28.2 Å². The van der Waals surface area contributed by atoms with E-state index >= 15 is 0 Å². The molecule has 0 saturated carbocycles. The molecule has 1 heterocycles. The number of aliphatic hydroxyl groups excluding tert-OH is 1. The Bertz CT molecular complexity index is 366. The third kappa shape index (κ3) is 1.35. The fourth-order valence-corrected chi connectivity index (χ4v) is 2.51. The summed E-state index contributed by atoms with van der Waals surface area (Å²) in [6.07, 6.45) is 0. The van der Waals surface area contributed by atoms with Gasteiger partial charge in [-0.2, -0.15) is 0 Å². The van der Waals surface area contributed by atoms with Crippen molar-refractivity contribution in [2.45, 2.75) is 12.3 Å². The zero-order chi connectivity index (χ0) is 10.3. The lowest BCUT2D eigenvalue weighted by Crippen LogP contribution is -2.32. The van der Waals surface area contributed by atoms with E-state index in [-0.39, 0.29) is 12.0 Å². The molecule has 2 rings (SSSR count). The Morgan fingerprint density at radius 1 is 1.57 bits per heavy atom. The number of benzene rings is 1. The molecule has 0 aliphatic carbocycles. The Balaban J connectivity index is 2.56. The van der Waals surface area contributed by atoms with Gasteiger partial charge in [-0.15, -0.1) is 0 Å². The molecular weight excluding hydrogens is 242 g/mol. The molecule has 1 atom stereocenters. The van der Waals surface area contributed by atoms with Crippen LogP contribution in [0.15, 0.2) is 22.7 Å². The molecule has 1 aromatic rings. The van der Waals surface area contributed by atoms with E-state index in [2.05, 4.69) is 46.9 Å². The Kier molecular flexibility index (Phi) is 2.32. The summed E-state index contributed by atoms with van der Waals surface area (Å²) in [6, 6.07) is 6.24. The fraction of sp³-hybridized carbons (Fsp3) is 0.455. The molecule has 3 heteroatoms. The van der Waals surface area contributed by atoms with E-state index in [0.29, 0.717) is 0 Å². The predicted octanol–water partition coefficient (Wildman–Crippen LogP) is 2.15. The number of aliphatic hydroxyl groups is 1. The van der Waals surface area contributed by atoms with Gasteiger partial charge in [0.25, 0.3) is 0 Å². The highest BCUT2D eigenvalue weighted by molar-refractivity contribution is 9.10. The zero-order valence-corrected chi connectivity index (χ0v) is 10.0. The lowest BCUT2D eigenvalue weighted by atomic mass is 9.86. The second-order valence-electron chi connectivity index (χ2n) is 4.24. The average molecular weight is 256 g/mol. The maximum Gasteiger partial charge on any atom is 0.0543 e. The van der Waals surface area contributed by atoms with Crippen LogP contribution in [-0.2, 0) is 5.41 Å². The second kappa shape index (κ2) is 3.24. The quantitative estimate of drug-likeness (QED) is 0.832. The highest BCUT2D eigenvalue weighted by Gasteiger charge is 2.36. The Hall–Kier alpha value is -0.540. The van der Waals surface area contributed by atoms with Crippen LogP contribution in [-0.4, -0.2) is 25.3 Å². The molecule has 1 N–H and O–H groups in total. The van der Waals surface area contributed by atoms with E-state index in [0.717, 1.165) is 11.0 Å². The lowest BCUT2D eigenvalue weighted by Gasteiger charge is -2.21. The van der Waals surface area contributed by atoms with Gasteiger partial charge in [0.15, 0.2) is 0 Å². The summed E-state index contributed by atoms with van der Waals surface area (Å²) in [7, 11) is 2.06. The van der Waals surface area contributed by atoms with Crippen LogP contribution in [0.3, 0.4) is 0 Å². The van der Waals surface area contributed by atoms with Gasteiger partial charge in [-0.05, 0) is 23.8 Å². The van der Waals surface area contributed by atoms with Crippen LogP contribution < -0.4 is 4.90 Å². The van der Waals surface area contributed by atoms with Crippen molar-refractivity contribution >= 4 is 21.6 Å². The number of hydrogen-bond acceptors (Lipinski definition) is 2. The van der Waals surface area contributed by atoms with Gasteiger partial charge in [-0.25, -0.2) is 0 Å². The van der Waals surface area contributed by atoms with Crippen LogP contribution in [0.5, 0.6) is 0 Å². The van der Waals surface area contributed by atoms with Crippen LogP contribution in [0, 0.1) is 0 Å². The first kappa shape index (κ1) is 9.99. The molecule has 1 aromatic carbocycles. The molecule has 0 spiro atoms. The van der Waals surface area contributed by atoms with Crippen LogP contribution >= 0.6 is 15.9 Å². The van der Waals surface area contributed by atoms with Crippen molar-refractivity contribution in [1.82, 2.24) is 0 Å². The minimum Gasteiger partial charge on any atom is -0.395 e. The van der Waals surface area contributed by atoms with E-state index in [1.807, 2.05) is 6.07 Å². The van der Waals surface area contributed by atoms with Crippen LogP contribution in [0.1, 0.15) is 12.5 Å². The molecule has 1 unspecified atom stereocenters. The average Bonchev–Trinajstić information content (AvgIpc) is 2.40. The maximum atomic E-state index is 9.44. The Morgan fingerprint density at radius 3 is 2.93 bits per heavy atom. The lowest BCUT2D eigenvalue weighted by molar-refractivity contribution is 0.216. The molecule has 1 aliphatic heterocycles. The first-order chi connectivity index (χ1) is 6.57. The van der Waals surface area contributed by atoms with Crippen molar-refractivity contribution in [1.29, 1.82) is 0 Å². The van der Waals surface area contributed by atoms with E-state index in [9.17, 15) is 5.11 Å². The van der Waals surface area contributed by atoms with Crippen molar-refractivity contribution in [2.75, 3.05) is 25.1 Å². The molecule has 1 aliphatic rings. The van der Waals surface area contributed by atoms with Gasteiger partial charge in [0.2, 0.25) is 0 Å². The van der Waals surface area contributed by atoms with Crippen molar-refractivity contribution < 1.29 is 5.11 Å². The summed E-state index contributed by atoms with van der Waals surface area (Å²) >= 11 is 3.47. The molecule has 0 aromatic heterocycles. The second-order valence-corrected chi connectivity index (χ2v) is 5.15. The van der Waals surface area contributed by atoms with E-state index in [4.69, 9.17) is 0 Å². The monoisotopic (exact) mass is 255 g/mol. The zero-order valence-electron chi connectivity index (χ0n) is 8.42. The summed E-state index contributed by atoms with van der Waals surface area (Å²) in [5.41, 5.74) is 2.34. The van der Waals surface area contributed by atoms with E-state index in [1.54, 1.807) is 0 Å². The molecule has 0 bridgehead atoms. The first-order valence-corrected chi connectivity index (χ1v) is 5.48. The van der Waals surface area contributed by atoms with Crippen molar-refractivity contribution in [3.63, 3.8) is 0 Å². The van der Waals surface area contributed by atoms with Crippen LogP contribution in [0.4, 0.5) is 5.69 Å². The largest absolute Gasteiger partial charge is 0.395 e. The standard InChI is InChI=1S/C11H14BrNO/c1-11(7-14)6-13(2)10-4-3-8(12)5-9(10)11/h3-5,14H,6-7H2,1-2H3. The molecule has 2 nitrogen and oxygen atoms in total.